The van der Waals surface area contributed by atoms with Crippen molar-refractivity contribution in [3.63, 3.8) is 0 Å². The zero-order valence-corrected chi connectivity index (χ0v) is 21.0. The van der Waals surface area contributed by atoms with E-state index in [4.69, 9.17) is 44.1 Å². The summed E-state index contributed by atoms with van der Waals surface area (Å²) in [4.78, 5) is 12.9. The van der Waals surface area contributed by atoms with Gasteiger partial charge in [0, 0.05) is 16.2 Å². The Balaban J connectivity index is 1.48. The van der Waals surface area contributed by atoms with Crippen molar-refractivity contribution in [3.8, 4) is 5.75 Å². The van der Waals surface area contributed by atoms with Crippen LogP contribution in [0.25, 0.3) is 0 Å². The van der Waals surface area contributed by atoms with Gasteiger partial charge in [-0.2, -0.15) is 5.10 Å². The van der Waals surface area contributed by atoms with Crippen LogP contribution >= 0.6 is 50.7 Å². The number of ether oxygens (including phenoxy) is 1. The van der Waals surface area contributed by atoms with Crippen LogP contribution in [0.4, 0.5) is 5.82 Å². The van der Waals surface area contributed by atoms with E-state index in [1.807, 2.05) is 6.07 Å². The lowest BCUT2D eigenvalue weighted by Gasteiger charge is -2.08. The van der Waals surface area contributed by atoms with E-state index in [-0.39, 0.29) is 12.3 Å². The van der Waals surface area contributed by atoms with E-state index in [0.717, 1.165) is 5.56 Å². The molecule has 0 atom stereocenters. The Kier molecular flexibility index (Phi) is 7.29. The molecule has 0 bridgehead atoms. The van der Waals surface area contributed by atoms with Crippen molar-refractivity contribution in [3.05, 3.63) is 90.8 Å². The molecule has 0 fully saturated rings. The minimum Gasteiger partial charge on any atom is -0.487 e. The highest BCUT2D eigenvalue weighted by molar-refractivity contribution is 9.10. The summed E-state index contributed by atoms with van der Waals surface area (Å²) in [7, 11) is 0. The van der Waals surface area contributed by atoms with Crippen LogP contribution in [0.5, 0.6) is 5.75 Å². The molecule has 0 unspecified atom stereocenters. The van der Waals surface area contributed by atoms with Crippen LogP contribution in [0.3, 0.4) is 0 Å². The molecule has 7 nitrogen and oxygen atoms in total. The number of amides is 1. The molecule has 170 valence electrons. The predicted molar refractivity (Wildman–Crippen MR) is 130 cm³/mol. The molecule has 1 N–H and O–H groups in total. The van der Waals surface area contributed by atoms with Crippen LogP contribution in [0.15, 0.2) is 57.7 Å². The molecular formula is C22H16BrCl3N4O3. The first-order valence-corrected chi connectivity index (χ1v) is 11.5. The summed E-state index contributed by atoms with van der Waals surface area (Å²) in [5.74, 6) is 0.798. The number of carbonyl (C=O) groups excluding carboxylic acids is 1. The quantitative estimate of drug-likeness (QED) is 0.265. The van der Waals surface area contributed by atoms with Gasteiger partial charge in [-0.15, -0.1) is 0 Å². The second-order valence-electron chi connectivity index (χ2n) is 7.00. The number of halogens is 4. The number of para-hydroxylation sites is 1. The summed E-state index contributed by atoms with van der Waals surface area (Å²) >= 11 is 21.8. The molecule has 4 aromatic rings. The Morgan fingerprint density at radius 1 is 1.18 bits per heavy atom. The lowest BCUT2D eigenvalue weighted by molar-refractivity contribution is 0.101. The second kappa shape index (κ2) is 10.2. The molecule has 2 aromatic heterocycles. The third kappa shape index (κ3) is 5.52. The first kappa shape index (κ1) is 23.6. The van der Waals surface area contributed by atoms with Gasteiger partial charge in [0.05, 0.1) is 21.6 Å². The Hall–Kier alpha value is -2.52. The highest BCUT2D eigenvalue weighted by atomic mass is 79.9. The third-order valence-electron chi connectivity index (χ3n) is 4.70. The molecule has 1 amide bonds. The molecule has 0 radical (unpaired) electrons. The summed E-state index contributed by atoms with van der Waals surface area (Å²) in [6, 6.07) is 12.3. The third-order valence-corrected chi connectivity index (χ3v) is 6.18. The number of rotatable bonds is 7. The summed E-state index contributed by atoms with van der Waals surface area (Å²) in [6.45, 7) is 2.16. The van der Waals surface area contributed by atoms with Gasteiger partial charge in [-0.3, -0.25) is 9.48 Å². The topological polar surface area (TPSA) is 82.2 Å². The first-order valence-electron chi connectivity index (χ1n) is 9.62. The van der Waals surface area contributed by atoms with Crippen molar-refractivity contribution in [1.82, 2.24) is 14.9 Å². The Morgan fingerprint density at radius 2 is 1.97 bits per heavy atom. The molecule has 0 aliphatic heterocycles. The zero-order chi connectivity index (χ0) is 23.5. The fourth-order valence-corrected chi connectivity index (χ4v) is 4.08. The predicted octanol–water partition coefficient (Wildman–Crippen LogP) is 6.78. The maximum atomic E-state index is 12.9. The molecular weight excluding hydrogens is 555 g/mol. The monoisotopic (exact) mass is 568 g/mol. The molecule has 11 heteroatoms. The van der Waals surface area contributed by atoms with Crippen LogP contribution in [0.1, 0.15) is 27.4 Å². The summed E-state index contributed by atoms with van der Waals surface area (Å²) in [6.07, 6.45) is 1.73. The summed E-state index contributed by atoms with van der Waals surface area (Å²) in [5, 5.41) is 12.6. The molecule has 2 aromatic carbocycles. The van der Waals surface area contributed by atoms with E-state index in [2.05, 4.69) is 31.5 Å². The van der Waals surface area contributed by atoms with E-state index < -0.39 is 5.91 Å². The van der Waals surface area contributed by atoms with Crippen LogP contribution in [-0.4, -0.2) is 20.8 Å². The van der Waals surface area contributed by atoms with Gasteiger partial charge in [-0.1, -0.05) is 58.2 Å². The molecule has 0 spiro atoms. The van der Waals surface area contributed by atoms with Gasteiger partial charge < -0.3 is 14.6 Å². The van der Waals surface area contributed by atoms with Gasteiger partial charge in [0.25, 0.3) is 5.91 Å². The average molecular weight is 571 g/mol. The summed E-state index contributed by atoms with van der Waals surface area (Å²) < 4.78 is 13.2. The van der Waals surface area contributed by atoms with Crippen molar-refractivity contribution in [2.75, 3.05) is 5.32 Å². The van der Waals surface area contributed by atoms with Crippen LogP contribution in [0, 0.1) is 6.92 Å². The maximum absolute atomic E-state index is 12.9. The minimum absolute atomic E-state index is 0.0620. The van der Waals surface area contributed by atoms with E-state index >= 15 is 0 Å². The molecule has 0 aliphatic rings. The normalized spacial score (nSPS) is 10.9. The average Bonchev–Trinajstić information content (AvgIpc) is 3.31. The van der Waals surface area contributed by atoms with Gasteiger partial charge in [0.1, 0.15) is 18.1 Å². The molecule has 0 aliphatic carbocycles. The smallest absolute Gasteiger partial charge is 0.279 e. The van der Waals surface area contributed by atoms with Crippen LogP contribution in [0.2, 0.25) is 15.1 Å². The Labute approximate surface area is 212 Å². The number of nitrogens with zero attached hydrogens (tertiary/aromatic N) is 3. The molecule has 0 saturated heterocycles. The number of aryl methyl sites for hydroxylation is 1. The minimum atomic E-state index is -0.486. The van der Waals surface area contributed by atoms with Gasteiger partial charge >= 0.3 is 0 Å². The maximum Gasteiger partial charge on any atom is 0.279 e. The highest BCUT2D eigenvalue weighted by Gasteiger charge is 2.22. The van der Waals surface area contributed by atoms with Crippen LogP contribution < -0.4 is 10.1 Å². The number of hydrogen-bond donors (Lipinski definition) is 1. The molecule has 0 saturated carbocycles. The van der Waals surface area contributed by atoms with Gasteiger partial charge in [-0.05, 0) is 52.7 Å². The standard InChI is InChI=1S/C22H16BrCl3N4O3/c1-12-15(11-32-19-5-3-2-4-17(19)25)20(29-33-12)22(31)27-21-16(23)10-30(28-21)9-13-6-7-14(24)8-18(13)26/h2-8,10H,9,11H2,1H3,(H,27,28,31). The Bertz CT molecular complexity index is 1320. The number of anilines is 1. The van der Waals surface area contributed by atoms with Crippen molar-refractivity contribution in [1.29, 1.82) is 0 Å². The molecule has 2 heterocycles. The van der Waals surface area contributed by atoms with Crippen molar-refractivity contribution in [2.45, 2.75) is 20.1 Å². The largest absolute Gasteiger partial charge is 0.487 e. The van der Waals surface area contributed by atoms with Gasteiger partial charge in [0.2, 0.25) is 0 Å². The number of carbonyl (C=O) groups is 1. The SMILES string of the molecule is Cc1onc(C(=O)Nc2nn(Cc3ccc(Cl)cc3Cl)cc2Br)c1COc1ccccc1Cl. The van der Waals surface area contributed by atoms with Gasteiger partial charge in [0.15, 0.2) is 11.5 Å². The number of aromatic nitrogens is 3. The van der Waals surface area contributed by atoms with E-state index in [0.29, 0.717) is 49.0 Å². The number of hydrogen-bond acceptors (Lipinski definition) is 5. The second-order valence-corrected chi connectivity index (χ2v) is 9.10. The first-order chi connectivity index (χ1) is 15.8. The van der Waals surface area contributed by atoms with Crippen LogP contribution in [-0.2, 0) is 13.2 Å². The zero-order valence-electron chi connectivity index (χ0n) is 17.1. The van der Waals surface area contributed by atoms with E-state index in [9.17, 15) is 4.79 Å². The van der Waals surface area contributed by atoms with Crippen molar-refractivity contribution in [2.24, 2.45) is 0 Å². The van der Waals surface area contributed by atoms with E-state index in [1.54, 1.807) is 54.2 Å². The molecule has 33 heavy (non-hydrogen) atoms. The van der Waals surface area contributed by atoms with Crippen molar-refractivity contribution < 1.29 is 14.1 Å². The fourth-order valence-electron chi connectivity index (χ4n) is 3.01. The highest BCUT2D eigenvalue weighted by Crippen LogP contribution is 2.27. The number of nitrogens with one attached hydrogen (secondary N) is 1. The lowest BCUT2D eigenvalue weighted by Crippen LogP contribution is -2.16. The Morgan fingerprint density at radius 3 is 2.73 bits per heavy atom. The number of benzene rings is 2. The lowest BCUT2D eigenvalue weighted by atomic mass is 10.2. The van der Waals surface area contributed by atoms with Gasteiger partial charge in [-0.25, -0.2) is 0 Å². The van der Waals surface area contributed by atoms with E-state index in [1.165, 1.54) is 0 Å². The van der Waals surface area contributed by atoms with Crippen molar-refractivity contribution >= 4 is 62.5 Å². The summed E-state index contributed by atoms with van der Waals surface area (Å²) in [5.41, 5.74) is 1.44. The fraction of sp³-hybridized carbons (Fsp3) is 0.136. The molecule has 4 rings (SSSR count).